The van der Waals surface area contributed by atoms with E-state index in [9.17, 15) is 0 Å². The highest BCUT2D eigenvalue weighted by molar-refractivity contribution is 5.29. The standard InChI is InChI=1S/2C9H12.C7H9N/c2*1-7-4-5-8(2)9(3)6-7;1-6-3-4-7(2)8-5-6/h2*4-6H,1-3H3;3-5H,1-2H3. The molecule has 0 amide bonds. The van der Waals surface area contributed by atoms with Crippen LogP contribution in [0.4, 0.5) is 0 Å². The van der Waals surface area contributed by atoms with Crippen molar-refractivity contribution in [2.75, 3.05) is 0 Å². The van der Waals surface area contributed by atoms with E-state index in [2.05, 4.69) is 89.0 Å². The van der Waals surface area contributed by atoms with Gasteiger partial charge in [0.05, 0.1) is 0 Å². The lowest BCUT2D eigenvalue weighted by Gasteiger charge is -1.98. The lowest BCUT2D eigenvalue weighted by atomic mass is 10.1. The molecule has 0 fully saturated rings. The van der Waals surface area contributed by atoms with E-state index in [1.54, 1.807) is 0 Å². The molecule has 0 unspecified atom stereocenters. The molecule has 0 aliphatic rings. The van der Waals surface area contributed by atoms with E-state index >= 15 is 0 Å². The van der Waals surface area contributed by atoms with Crippen molar-refractivity contribution in [1.29, 1.82) is 0 Å². The maximum atomic E-state index is 4.08. The Morgan fingerprint density at radius 1 is 0.462 bits per heavy atom. The summed E-state index contributed by atoms with van der Waals surface area (Å²) >= 11 is 0. The predicted octanol–water partition coefficient (Wildman–Crippen LogP) is 6.92. The van der Waals surface area contributed by atoms with Gasteiger partial charge in [0, 0.05) is 11.9 Å². The molecule has 26 heavy (non-hydrogen) atoms. The molecule has 1 aromatic heterocycles. The molecular formula is C25H33N. The SMILES string of the molecule is Cc1ccc(C)c(C)c1.Cc1ccc(C)c(C)c1.Cc1ccc(C)nc1. The molecule has 1 nitrogen and oxygen atoms in total. The molecule has 0 radical (unpaired) electrons. The summed E-state index contributed by atoms with van der Waals surface area (Å²) < 4.78 is 0. The van der Waals surface area contributed by atoms with Crippen LogP contribution in [0.2, 0.25) is 0 Å². The van der Waals surface area contributed by atoms with Crippen molar-refractivity contribution in [1.82, 2.24) is 4.98 Å². The van der Waals surface area contributed by atoms with Gasteiger partial charge in [-0.1, -0.05) is 53.6 Å². The zero-order chi connectivity index (χ0) is 19.7. The van der Waals surface area contributed by atoms with Crippen molar-refractivity contribution >= 4 is 0 Å². The molecule has 3 aromatic rings. The Morgan fingerprint density at radius 3 is 1.15 bits per heavy atom. The normalized spacial score (nSPS) is 9.54. The first-order chi connectivity index (χ1) is 12.2. The molecule has 0 spiro atoms. The Labute approximate surface area is 160 Å². The van der Waals surface area contributed by atoms with Crippen LogP contribution in [0.5, 0.6) is 0 Å². The quantitative estimate of drug-likeness (QED) is 0.430. The van der Waals surface area contributed by atoms with Gasteiger partial charge in [-0.2, -0.15) is 0 Å². The van der Waals surface area contributed by atoms with E-state index in [-0.39, 0.29) is 0 Å². The molecule has 2 aromatic carbocycles. The fourth-order valence-electron chi connectivity index (χ4n) is 2.32. The number of hydrogen-bond donors (Lipinski definition) is 0. The first-order valence-corrected chi connectivity index (χ1v) is 9.16. The lowest BCUT2D eigenvalue weighted by molar-refractivity contribution is 1.17. The molecule has 1 heterocycles. The fraction of sp³-hybridized carbons (Fsp3) is 0.320. The van der Waals surface area contributed by atoms with Crippen molar-refractivity contribution in [2.24, 2.45) is 0 Å². The smallest absolute Gasteiger partial charge is 0.0372 e. The minimum absolute atomic E-state index is 1.08. The van der Waals surface area contributed by atoms with Crippen LogP contribution < -0.4 is 0 Å². The molecule has 1 heteroatoms. The van der Waals surface area contributed by atoms with E-state index in [1.807, 2.05) is 26.1 Å². The van der Waals surface area contributed by atoms with E-state index in [1.165, 1.54) is 38.9 Å². The van der Waals surface area contributed by atoms with Crippen LogP contribution in [0.25, 0.3) is 0 Å². The second kappa shape index (κ2) is 10.6. The van der Waals surface area contributed by atoms with Gasteiger partial charge in [0.25, 0.3) is 0 Å². The van der Waals surface area contributed by atoms with Gasteiger partial charge in [-0.15, -0.1) is 0 Å². The summed E-state index contributed by atoms with van der Waals surface area (Å²) in [5.74, 6) is 0. The van der Waals surface area contributed by atoms with Crippen molar-refractivity contribution in [3.8, 4) is 0 Å². The summed E-state index contributed by atoms with van der Waals surface area (Å²) in [4.78, 5) is 4.08. The van der Waals surface area contributed by atoms with Crippen LogP contribution in [0.15, 0.2) is 54.7 Å². The Morgan fingerprint density at radius 2 is 0.885 bits per heavy atom. The number of rotatable bonds is 0. The van der Waals surface area contributed by atoms with Gasteiger partial charge in [0.1, 0.15) is 0 Å². The zero-order valence-electron chi connectivity index (χ0n) is 17.6. The van der Waals surface area contributed by atoms with E-state index in [0.717, 1.165) is 5.69 Å². The molecule has 0 saturated heterocycles. The average Bonchev–Trinajstić information content (AvgIpc) is 2.59. The summed E-state index contributed by atoms with van der Waals surface area (Å²) in [5.41, 5.74) is 10.5. The van der Waals surface area contributed by atoms with Crippen molar-refractivity contribution in [2.45, 2.75) is 55.4 Å². The Hall–Kier alpha value is -2.41. The predicted molar refractivity (Wildman–Crippen MR) is 115 cm³/mol. The van der Waals surface area contributed by atoms with Crippen LogP contribution in [0.3, 0.4) is 0 Å². The van der Waals surface area contributed by atoms with Crippen molar-refractivity contribution < 1.29 is 0 Å². The van der Waals surface area contributed by atoms with E-state index < -0.39 is 0 Å². The summed E-state index contributed by atoms with van der Waals surface area (Å²) in [6.07, 6.45) is 1.87. The third-order valence-corrected chi connectivity index (χ3v) is 4.38. The highest BCUT2D eigenvalue weighted by Gasteiger charge is 1.89. The average molecular weight is 348 g/mol. The summed E-state index contributed by atoms with van der Waals surface area (Å²) in [6.45, 7) is 16.8. The highest BCUT2D eigenvalue weighted by Crippen LogP contribution is 2.08. The van der Waals surface area contributed by atoms with Gasteiger partial charge in [-0.05, 0) is 89.3 Å². The number of nitrogens with zero attached hydrogens (tertiary/aromatic N) is 1. The van der Waals surface area contributed by atoms with Crippen LogP contribution in [-0.4, -0.2) is 4.98 Å². The number of aryl methyl sites for hydroxylation is 8. The Kier molecular flexibility index (Phi) is 8.78. The second-order valence-electron chi connectivity index (χ2n) is 7.15. The minimum Gasteiger partial charge on any atom is -0.261 e. The molecule has 3 rings (SSSR count). The number of benzene rings is 2. The van der Waals surface area contributed by atoms with Gasteiger partial charge < -0.3 is 0 Å². The zero-order valence-corrected chi connectivity index (χ0v) is 17.6. The van der Waals surface area contributed by atoms with Crippen molar-refractivity contribution in [3.63, 3.8) is 0 Å². The number of pyridine rings is 1. The summed E-state index contributed by atoms with van der Waals surface area (Å²) in [7, 11) is 0. The fourth-order valence-corrected chi connectivity index (χ4v) is 2.32. The lowest BCUT2D eigenvalue weighted by Crippen LogP contribution is -1.79. The maximum Gasteiger partial charge on any atom is 0.0372 e. The summed E-state index contributed by atoms with van der Waals surface area (Å²) in [5, 5.41) is 0. The van der Waals surface area contributed by atoms with Gasteiger partial charge in [-0.3, -0.25) is 4.98 Å². The Balaban J connectivity index is 0.000000195. The maximum absolute atomic E-state index is 4.08. The molecule has 0 bridgehead atoms. The topological polar surface area (TPSA) is 12.9 Å². The van der Waals surface area contributed by atoms with Gasteiger partial charge >= 0.3 is 0 Å². The second-order valence-corrected chi connectivity index (χ2v) is 7.15. The molecule has 0 aliphatic heterocycles. The van der Waals surface area contributed by atoms with Gasteiger partial charge in [-0.25, -0.2) is 0 Å². The number of aromatic nitrogens is 1. The number of hydrogen-bond acceptors (Lipinski definition) is 1. The summed E-state index contributed by atoms with van der Waals surface area (Å²) in [6, 6.07) is 17.1. The molecule has 0 aliphatic carbocycles. The minimum atomic E-state index is 1.08. The van der Waals surface area contributed by atoms with Crippen LogP contribution in [0.1, 0.15) is 44.6 Å². The van der Waals surface area contributed by atoms with Gasteiger partial charge in [0.15, 0.2) is 0 Å². The third-order valence-electron chi connectivity index (χ3n) is 4.38. The monoisotopic (exact) mass is 347 g/mol. The van der Waals surface area contributed by atoms with E-state index in [0.29, 0.717) is 0 Å². The molecule has 0 atom stereocenters. The molecular weight excluding hydrogens is 314 g/mol. The Bertz CT molecular complexity index is 744. The van der Waals surface area contributed by atoms with Crippen LogP contribution >= 0.6 is 0 Å². The van der Waals surface area contributed by atoms with Crippen molar-refractivity contribution in [3.05, 3.63) is 99.4 Å². The first-order valence-electron chi connectivity index (χ1n) is 9.16. The highest BCUT2D eigenvalue weighted by atomic mass is 14.6. The molecule has 0 N–H and O–H groups in total. The van der Waals surface area contributed by atoms with Gasteiger partial charge in [0.2, 0.25) is 0 Å². The first kappa shape index (κ1) is 21.6. The largest absolute Gasteiger partial charge is 0.261 e. The molecule has 138 valence electrons. The molecule has 0 saturated carbocycles. The van der Waals surface area contributed by atoms with E-state index in [4.69, 9.17) is 0 Å². The van der Waals surface area contributed by atoms with Crippen LogP contribution in [-0.2, 0) is 0 Å². The van der Waals surface area contributed by atoms with Crippen LogP contribution in [0, 0.1) is 55.4 Å². The third kappa shape index (κ3) is 8.11.